The highest BCUT2D eigenvalue weighted by atomic mass is 16.5. The van der Waals surface area contributed by atoms with Crippen molar-refractivity contribution in [3.05, 3.63) is 71.9 Å². The van der Waals surface area contributed by atoms with E-state index in [2.05, 4.69) is 10.5 Å². The zero-order valence-electron chi connectivity index (χ0n) is 15.1. The van der Waals surface area contributed by atoms with Crippen LogP contribution in [0.2, 0.25) is 0 Å². The lowest BCUT2D eigenvalue weighted by Crippen LogP contribution is -2.30. The molecule has 1 amide bonds. The second kappa shape index (κ2) is 8.31. The molecule has 2 aromatic carbocycles. The summed E-state index contributed by atoms with van der Waals surface area (Å²) in [7, 11) is 0. The van der Waals surface area contributed by atoms with Crippen LogP contribution in [0.25, 0.3) is 11.1 Å². The molecule has 6 heteroatoms. The fourth-order valence-electron chi connectivity index (χ4n) is 2.55. The SMILES string of the molecule is Cc1cc(NC(=O)[C@H](C)OC(=O)Cc2ccc(-c3ccccc3)cc2)on1. The van der Waals surface area contributed by atoms with Crippen LogP contribution in [-0.4, -0.2) is 23.1 Å². The third-order valence-electron chi connectivity index (χ3n) is 3.96. The first-order chi connectivity index (χ1) is 13.0. The minimum atomic E-state index is -0.938. The smallest absolute Gasteiger partial charge is 0.311 e. The topological polar surface area (TPSA) is 81.4 Å². The van der Waals surface area contributed by atoms with Gasteiger partial charge in [-0.25, -0.2) is 0 Å². The highest BCUT2D eigenvalue weighted by Gasteiger charge is 2.19. The maximum absolute atomic E-state index is 12.1. The summed E-state index contributed by atoms with van der Waals surface area (Å²) in [5.74, 6) is -0.727. The molecule has 3 rings (SSSR count). The van der Waals surface area contributed by atoms with Crippen LogP contribution in [0.3, 0.4) is 0 Å². The van der Waals surface area contributed by atoms with Crippen molar-refractivity contribution in [1.82, 2.24) is 5.16 Å². The van der Waals surface area contributed by atoms with Crippen molar-refractivity contribution in [1.29, 1.82) is 0 Å². The average molecular weight is 364 g/mol. The number of amides is 1. The minimum absolute atomic E-state index is 0.0914. The Morgan fingerprint density at radius 1 is 1.07 bits per heavy atom. The van der Waals surface area contributed by atoms with Crippen LogP contribution in [0.1, 0.15) is 18.2 Å². The predicted octanol–water partition coefficient (Wildman–Crippen LogP) is 3.76. The van der Waals surface area contributed by atoms with Gasteiger partial charge < -0.3 is 9.26 Å². The van der Waals surface area contributed by atoms with Gasteiger partial charge in [-0.3, -0.25) is 14.9 Å². The van der Waals surface area contributed by atoms with Crippen molar-refractivity contribution >= 4 is 17.8 Å². The van der Waals surface area contributed by atoms with Crippen molar-refractivity contribution in [3.63, 3.8) is 0 Å². The maximum Gasteiger partial charge on any atom is 0.311 e. The Bertz CT molecular complexity index is 917. The van der Waals surface area contributed by atoms with Gasteiger partial charge in [0, 0.05) is 6.07 Å². The Kier molecular flexibility index (Phi) is 5.66. The Hall–Kier alpha value is -3.41. The zero-order chi connectivity index (χ0) is 19.2. The molecule has 0 radical (unpaired) electrons. The van der Waals surface area contributed by atoms with Crippen LogP contribution in [0.5, 0.6) is 0 Å². The second-order valence-corrected chi connectivity index (χ2v) is 6.19. The predicted molar refractivity (Wildman–Crippen MR) is 101 cm³/mol. The van der Waals surface area contributed by atoms with Crippen molar-refractivity contribution in [2.75, 3.05) is 5.32 Å². The first-order valence-corrected chi connectivity index (χ1v) is 8.59. The molecule has 1 N–H and O–H groups in total. The summed E-state index contributed by atoms with van der Waals surface area (Å²) in [5.41, 5.74) is 3.65. The number of carbonyl (C=O) groups excluding carboxylic acids is 2. The van der Waals surface area contributed by atoms with E-state index in [9.17, 15) is 9.59 Å². The first kappa shape index (κ1) is 18.4. The number of anilines is 1. The molecule has 0 fully saturated rings. The van der Waals surface area contributed by atoms with Crippen LogP contribution < -0.4 is 5.32 Å². The summed E-state index contributed by atoms with van der Waals surface area (Å²) < 4.78 is 10.1. The van der Waals surface area contributed by atoms with Crippen molar-refractivity contribution in [3.8, 4) is 11.1 Å². The summed E-state index contributed by atoms with van der Waals surface area (Å²) in [4.78, 5) is 24.1. The molecule has 0 spiro atoms. The van der Waals surface area contributed by atoms with Gasteiger partial charge in [0.15, 0.2) is 6.10 Å². The number of rotatable bonds is 6. The van der Waals surface area contributed by atoms with Crippen molar-refractivity contribution in [2.45, 2.75) is 26.4 Å². The molecular formula is C21H20N2O4. The van der Waals surface area contributed by atoms with Gasteiger partial charge in [-0.15, -0.1) is 0 Å². The molecule has 138 valence electrons. The number of ether oxygens (including phenoxy) is 1. The molecule has 3 aromatic rings. The molecule has 1 aromatic heterocycles. The molecule has 1 atom stereocenters. The lowest BCUT2D eigenvalue weighted by molar-refractivity contribution is -0.152. The number of benzene rings is 2. The van der Waals surface area contributed by atoms with Crippen LogP contribution in [0.15, 0.2) is 65.2 Å². The van der Waals surface area contributed by atoms with Crippen LogP contribution >= 0.6 is 0 Å². The van der Waals surface area contributed by atoms with Crippen LogP contribution in [0, 0.1) is 6.92 Å². The third kappa shape index (κ3) is 5.04. The van der Waals surface area contributed by atoms with Gasteiger partial charge in [0.2, 0.25) is 5.88 Å². The van der Waals surface area contributed by atoms with E-state index in [0.29, 0.717) is 5.69 Å². The Morgan fingerprint density at radius 2 is 1.74 bits per heavy atom. The Labute approximate surface area is 157 Å². The van der Waals surface area contributed by atoms with E-state index in [1.165, 1.54) is 6.92 Å². The maximum atomic E-state index is 12.1. The van der Waals surface area contributed by atoms with E-state index in [1.54, 1.807) is 13.0 Å². The number of carbonyl (C=O) groups is 2. The van der Waals surface area contributed by atoms with E-state index in [1.807, 2.05) is 54.6 Å². The van der Waals surface area contributed by atoms with E-state index in [0.717, 1.165) is 16.7 Å². The van der Waals surface area contributed by atoms with E-state index < -0.39 is 18.0 Å². The van der Waals surface area contributed by atoms with Crippen molar-refractivity contribution in [2.24, 2.45) is 0 Å². The molecule has 27 heavy (non-hydrogen) atoms. The highest BCUT2D eigenvalue weighted by Crippen LogP contribution is 2.19. The molecule has 0 saturated carbocycles. The quantitative estimate of drug-likeness (QED) is 0.674. The lowest BCUT2D eigenvalue weighted by Gasteiger charge is -2.12. The van der Waals surface area contributed by atoms with Gasteiger partial charge in [-0.05, 0) is 30.5 Å². The highest BCUT2D eigenvalue weighted by molar-refractivity contribution is 5.94. The molecule has 0 unspecified atom stereocenters. The summed E-state index contributed by atoms with van der Waals surface area (Å²) in [6.07, 6.45) is -0.847. The third-order valence-corrected chi connectivity index (χ3v) is 3.96. The minimum Gasteiger partial charge on any atom is -0.452 e. The normalized spacial score (nSPS) is 11.6. The van der Waals surface area contributed by atoms with Gasteiger partial charge >= 0.3 is 5.97 Å². The summed E-state index contributed by atoms with van der Waals surface area (Å²) >= 11 is 0. The summed E-state index contributed by atoms with van der Waals surface area (Å²) in [6.45, 7) is 3.25. The number of aromatic nitrogens is 1. The Morgan fingerprint density at radius 3 is 2.37 bits per heavy atom. The standard InChI is InChI=1S/C21H20N2O4/c1-14-12-19(27-23-14)22-21(25)15(2)26-20(24)13-16-8-10-18(11-9-16)17-6-4-3-5-7-17/h3-12,15H,13H2,1-2H3,(H,22,25)/t15-/m0/s1. The first-order valence-electron chi connectivity index (χ1n) is 8.59. The largest absolute Gasteiger partial charge is 0.452 e. The van der Waals surface area contributed by atoms with Gasteiger partial charge in [-0.2, -0.15) is 0 Å². The molecule has 1 heterocycles. The number of hydrogen-bond acceptors (Lipinski definition) is 5. The summed E-state index contributed by atoms with van der Waals surface area (Å²) in [5, 5.41) is 6.19. The summed E-state index contributed by atoms with van der Waals surface area (Å²) in [6, 6.07) is 19.2. The van der Waals surface area contributed by atoms with Gasteiger partial charge in [-0.1, -0.05) is 59.8 Å². The fourth-order valence-corrected chi connectivity index (χ4v) is 2.55. The van der Waals surface area contributed by atoms with Crippen molar-refractivity contribution < 1.29 is 18.8 Å². The fraction of sp³-hybridized carbons (Fsp3) is 0.190. The number of nitrogens with zero attached hydrogens (tertiary/aromatic N) is 1. The number of hydrogen-bond donors (Lipinski definition) is 1. The molecule has 6 nitrogen and oxygen atoms in total. The lowest BCUT2D eigenvalue weighted by atomic mass is 10.0. The molecule has 0 aliphatic carbocycles. The second-order valence-electron chi connectivity index (χ2n) is 6.19. The van der Waals surface area contributed by atoms with Crippen LogP contribution in [-0.2, 0) is 20.7 Å². The van der Waals surface area contributed by atoms with Gasteiger partial charge in [0.05, 0.1) is 12.1 Å². The monoisotopic (exact) mass is 364 g/mol. The molecular weight excluding hydrogens is 344 g/mol. The average Bonchev–Trinajstić information content (AvgIpc) is 3.07. The molecule has 0 aliphatic heterocycles. The van der Waals surface area contributed by atoms with Gasteiger partial charge in [0.1, 0.15) is 0 Å². The van der Waals surface area contributed by atoms with E-state index >= 15 is 0 Å². The van der Waals surface area contributed by atoms with Crippen LogP contribution in [0.4, 0.5) is 5.88 Å². The van der Waals surface area contributed by atoms with E-state index in [4.69, 9.17) is 9.26 Å². The number of esters is 1. The molecule has 0 aliphatic rings. The number of aryl methyl sites for hydroxylation is 1. The zero-order valence-corrected chi connectivity index (χ0v) is 15.1. The number of nitrogens with one attached hydrogen (secondary N) is 1. The van der Waals surface area contributed by atoms with Gasteiger partial charge in [0.25, 0.3) is 5.91 Å². The Balaban J connectivity index is 1.53. The molecule has 0 bridgehead atoms. The van der Waals surface area contributed by atoms with E-state index in [-0.39, 0.29) is 12.3 Å². The molecule has 0 saturated heterocycles.